The van der Waals surface area contributed by atoms with E-state index in [0.29, 0.717) is 17.7 Å². The molecule has 0 radical (unpaired) electrons. The molecule has 0 fully saturated rings. The third-order valence-electron chi connectivity index (χ3n) is 4.16. The predicted octanol–water partition coefficient (Wildman–Crippen LogP) is 3.80. The minimum Gasteiger partial charge on any atom is -0.351 e. The normalized spacial score (nSPS) is 10.6. The Kier molecular flexibility index (Phi) is 6.10. The standard InChI is InChI=1S/C21H22N4O2/c1-2-3-4-13-23-20(26)17-11-6-12-18(24-17)21(27)25-16-10-5-8-15-9-7-14-22-19(15)16/h5-12,14H,2-4,13H2,1H3,(H,23,26)(H,25,27). The molecule has 0 spiro atoms. The molecule has 27 heavy (non-hydrogen) atoms. The number of nitrogens with one attached hydrogen (secondary N) is 2. The van der Waals surface area contributed by atoms with Crippen LogP contribution in [-0.2, 0) is 0 Å². The summed E-state index contributed by atoms with van der Waals surface area (Å²) < 4.78 is 0. The lowest BCUT2D eigenvalue weighted by Crippen LogP contribution is -2.26. The first kappa shape index (κ1) is 18.5. The van der Waals surface area contributed by atoms with Crippen LogP contribution >= 0.6 is 0 Å². The van der Waals surface area contributed by atoms with Gasteiger partial charge in [-0.3, -0.25) is 14.6 Å². The number of fused-ring (bicyclic) bond motifs is 1. The largest absolute Gasteiger partial charge is 0.351 e. The molecular weight excluding hydrogens is 340 g/mol. The number of amides is 2. The van der Waals surface area contributed by atoms with Crippen LogP contribution < -0.4 is 10.6 Å². The Bertz CT molecular complexity index is 950. The Balaban J connectivity index is 1.72. The SMILES string of the molecule is CCCCCNC(=O)c1cccc(C(=O)Nc2cccc3cccnc23)n1. The minimum absolute atomic E-state index is 0.184. The molecule has 2 amide bonds. The molecule has 2 N–H and O–H groups in total. The van der Waals surface area contributed by atoms with Crippen molar-refractivity contribution in [2.75, 3.05) is 11.9 Å². The fourth-order valence-electron chi connectivity index (χ4n) is 2.75. The zero-order valence-corrected chi connectivity index (χ0v) is 15.2. The molecule has 6 nitrogen and oxygen atoms in total. The van der Waals surface area contributed by atoms with E-state index < -0.39 is 0 Å². The van der Waals surface area contributed by atoms with Gasteiger partial charge in [-0.15, -0.1) is 0 Å². The number of aromatic nitrogens is 2. The summed E-state index contributed by atoms with van der Waals surface area (Å²) in [6.45, 7) is 2.71. The van der Waals surface area contributed by atoms with E-state index in [2.05, 4.69) is 27.5 Å². The van der Waals surface area contributed by atoms with Gasteiger partial charge in [-0.25, -0.2) is 4.98 Å². The summed E-state index contributed by atoms with van der Waals surface area (Å²) in [5, 5.41) is 6.60. The van der Waals surface area contributed by atoms with Crippen molar-refractivity contribution >= 4 is 28.4 Å². The first-order valence-corrected chi connectivity index (χ1v) is 9.09. The van der Waals surface area contributed by atoms with Crippen LogP contribution in [0.2, 0.25) is 0 Å². The molecule has 6 heteroatoms. The van der Waals surface area contributed by atoms with Gasteiger partial charge in [0.1, 0.15) is 11.4 Å². The second-order valence-electron chi connectivity index (χ2n) is 6.21. The van der Waals surface area contributed by atoms with E-state index >= 15 is 0 Å². The van der Waals surface area contributed by atoms with Crippen LogP contribution in [0.25, 0.3) is 10.9 Å². The van der Waals surface area contributed by atoms with Crippen molar-refractivity contribution in [2.45, 2.75) is 26.2 Å². The monoisotopic (exact) mass is 362 g/mol. The van der Waals surface area contributed by atoms with Gasteiger partial charge in [0.15, 0.2) is 0 Å². The predicted molar refractivity (Wildman–Crippen MR) is 106 cm³/mol. The molecule has 138 valence electrons. The maximum absolute atomic E-state index is 12.6. The lowest BCUT2D eigenvalue weighted by atomic mass is 10.2. The number of anilines is 1. The van der Waals surface area contributed by atoms with Crippen molar-refractivity contribution in [3.8, 4) is 0 Å². The minimum atomic E-state index is -0.381. The van der Waals surface area contributed by atoms with Gasteiger partial charge in [0, 0.05) is 18.1 Å². The number of para-hydroxylation sites is 1. The smallest absolute Gasteiger partial charge is 0.274 e. The summed E-state index contributed by atoms with van der Waals surface area (Å²) in [5.41, 5.74) is 1.73. The highest BCUT2D eigenvalue weighted by atomic mass is 16.2. The number of nitrogens with zero attached hydrogens (tertiary/aromatic N) is 2. The lowest BCUT2D eigenvalue weighted by Gasteiger charge is -2.09. The number of carbonyl (C=O) groups is 2. The fraction of sp³-hybridized carbons (Fsp3) is 0.238. The van der Waals surface area contributed by atoms with E-state index in [1.54, 1.807) is 30.5 Å². The molecule has 0 bridgehead atoms. The van der Waals surface area contributed by atoms with Crippen LogP contribution in [-0.4, -0.2) is 28.3 Å². The summed E-state index contributed by atoms with van der Waals surface area (Å²) in [7, 11) is 0. The van der Waals surface area contributed by atoms with Gasteiger partial charge in [0.05, 0.1) is 11.2 Å². The van der Waals surface area contributed by atoms with E-state index in [1.807, 2.05) is 24.3 Å². The first-order chi connectivity index (χ1) is 13.2. The third kappa shape index (κ3) is 4.67. The fourth-order valence-corrected chi connectivity index (χ4v) is 2.75. The molecule has 3 aromatic rings. The van der Waals surface area contributed by atoms with Gasteiger partial charge in [-0.05, 0) is 30.7 Å². The molecule has 3 rings (SSSR count). The van der Waals surface area contributed by atoms with Crippen molar-refractivity contribution in [1.82, 2.24) is 15.3 Å². The van der Waals surface area contributed by atoms with Gasteiger partial charge in [-0.1, -0.05) is 44.0 Å². The first-order valence-electron chi connectivity index (χ1n) is 9.09. The average molecular weight is 362 g/mol. The topological polar surface area (TPSA) is 84.0 Å². The number of pyridine rings is 2. The summed E-state index contributed by atoms with van der Waals surface area (Å²) in [6, 6.07) is 14.2. The molecule has 0 atom stereocenters. The van der Waals surface area contributed by atoms with E-state index in [-0.39, 0.29) is 23.2 Å². The molecule has 2 heterocycles. The van der Waals surface area contributed by atoms with Crippen LogP contribution in [0.3, 0.4) is 0 Å². The Hall–Kier alpha value is -3.28. The van der Waals surface area contributed by atoms with Crippen LogP contribution in [0.4, 0.5) is 5.69 Å². The Morgan fingerprint density at radius 2 is 1.67 bits per heavy atom. The summed E-state index contributed by atoms with van der Waals surface area (Å²) in [5.74, 6) is -0.652. The van der Waals surface area contributed by atoms with Crippen LogP contribution in [0.1, 0.15) is 47.2 Å². The van der Waals surface area contributed by atoms with Crippen LogP contribution in [0.5, 0.6) is 0 Å². The molecule has 0 aliphatic carbocycles. The zero-order chi connectivity index (χ0) is 19.1. The highest BCUT2D eigenvalue weighted by Gasteiger charge is 2.13. The second kappa shape index (κ2) is 8.89. The number of carbonyl (C=O) groups excluding carboxylic acids is 2. The molecule has 0 saturated carbocycles. The van der Waals surface area contributed by atoms with Gasteiger partial charge < -0.3 is 10.6 Å². The number of hydrogen-bond donors (Lipinski definition) is 2. The van der Waals surface area contributed by atoms with Crippen molar-refractivity contribution in [2.24, 2.45) is 0 Å². The third-order valence-corrected chi connectivity index (χ3v) is 4.16. The lowest BCUT2D eigenvalue weighted by molar-refractivity contribution is 0.0948. The number of unbranched alkanes of at least 4 members (excludes halogenated alkanes) is 2. The van der Waals surface area contributed by atoms with Crippen LogP contribution in [0.15, 0.2) is 54.7 Å². The van der Waals surface area contributed by atoms with Gasteiger partial charge in [0.2, 0.25) is 0 Å². The van der Waals surface area contributed by atoms with Crippen molar-refractivity contribution < 1.29 is 9.59 Å². The molecule has 0 aliphatic rings. The van der Waals surface area contributed by atoms with Crippen LogP contribution in [0, 0.1) is 0 Å². The van der Waals surface area contributed by atoms with Crippen molar-refractivity contribution in [3.63, 3.8) is 0 Å². The van der Waals surface area contributed by atoms with Crippen molar-refractivity contribution in [3.05, 3.63) is 66.1 Å². The van der Waals surface area contributed by atoms with E-state index in [0.717, 1.165) is 24.6 Å². The second-order valence-corrected chi connectivity index (χ2v) is 6.21. The number of hydrogen-bond acceptors (Lipinski definition) is 4. The van der Waals surface area contributed by atoms with Gasteiger partial charge >= 0.3 is 0 Å². The molecule has 0 unspecified atom stereocenters. The quantitative estimate of drug-likeness (QED) is 0.626. The van der Waals surface area contributed by atoms with E-state index in [1.165, 1.54) is 0 Å². The highest BCUT2D eigenvalue weighted by Crippen LogP contribution is 2.21. The Morgan fingerprint density at radius 3 is 2.48 bits per heavy atom. The van der Waals surface area contributed by atoms with E-state index in [4.69, 9.17) is 0 Å². The Morgan fingerprint density at radius 1 is 0.926 bits per heavy atom. The molecule has 2 aromatic heterocycles. The molecular formula is C21H22N4O2. The average Bonchev–Trinajstić information content (AvgIpc) is 2.71. The molecule has 1 aromatic carbocycles. The highest BCUT2D eigenvalue weighted by molar-refractivity contribution is 6.07. The molecule has 0 saturated heterocycles. The number of benzene rings is 1. The summed E-state index contributed by atoms with van der Waals surface area (Å²) in [6.07, 6.45) is 4.76. The van der Waals surface area contributed by atoms with E-state index in [9.17, 15) is 9.59 Å². The van der Waals surface area contributed by atoms with Gasteiger partial charge in [-0.2, -0.15) is 0 Å². The Labute approximate surface area is 158 Å². The maximum atomic E-state index is 12.6. The summed E-state index contributed by atoms with van der Waals surface area (Å²) >= 11 is 0. The number of rotatable bonds is 7. The van der Waals surface area contributed by atoms with Gasteiger partial charge in [0.25, 0.3) is 11.8 Å². The zero-order valence-electron chi connectivity index (χ0n) is 15.2. The molecule has 0 aliphatic heterocycles. The summed E-state index contributed by atoms with van der Waals surface area (Å²) in [4.78, 5) is 33.3. The van der Waals surface area contributed by atoms with Crippen molar-refractivity contribution in [1.29, 1.82) is 0 Å². The maximum Gasteiger partial charge on any atom is 0.274 e.